The summed E-state index contributed by atoms with van der Waals surface area (Å²) in [7, 11) is -0.979. The first kappa shape index (κ1) is 25.4. The van der Waals surface area contributed by atoms with Crippen LogP contribution >= 0.6 is 31.0 Å². The van der Waals surface area contributed by atoms with Crippen LogP contribution in [0.2, 0.25) is 0 Å². The number of esters is 1. The first-order valence-electron chi connectivity index (χ1n) is 12.1. The van der Waals surface area contributed by atoms with Gasteiger partial charge >= 0.3 is 11.9 Å². The van der Waals surface area contributed by atoms with Gasteiger partial charge in [-0.15, -0.1) is 23.1 Å². The number of nitrogens with zero attached hydrogens (tertiary/aromatic N) is 2. The van der Waals surface area contributed by atoms with Gasteiger partial charge in [0.15, 0.2) is 6.04 Å². The van der Waals surface area contributed by atoms with Crippen LogP contribution < -0.4 is 20.7 Å². The number of carbonyl (C=O) groups excluding carboxylic acids is 1. The molecular weight excluding hydrogens is 547 g/mol. The van der Waals surface area contributed by atoms with E-state index in [-0.39, 0.29) is 0 Å². The first-order valence-corrected chi connectivity index (χ1v) is 15.3. The second-order valence-corrected chi connectivity index (χ2v) is 12.9. The summed E-state index contributed by atoms with van der Waals surface area (Å²) in [6, 6.07) is 32.7. The Bertz CT molecular complexity index is 1670. The predicted molar refractivity (Wildman–Crippen MR) is 160 cm³/mol. The van der Waals surface area contributed by atoms with Gasteiger partial charge in [0.1, 0.15) is 15.8 Å². The molecule has 2 heterocycles. The molecule has 1 aliphatic heterocycles. The smallest absolute Gasteiger partial charge is 0.344 e. The maximum atomic E-state index is 13.6. The average Bonchev–Trinajstić information content (AvgIpc) is 3.62. The number of ether oxygens (including phenoxy) is 1. The van der Waals surface area contributed by atoms with E-state index in [0.29, 0.717) is 27.1 Å². The van der Waals surface area contributed by atoms with Crippen LogP contribution in [0.3, 0.4) is 0 Å². The molecular formula is C30H21N2O4PS2. The van der Waals surface area contributed by atoms with Crippen molar-refractivity contribution in [2.45, 2.75) is 6.04 Å². The number of thiazole rings is 1. The number of aliphatic carboxylic acids is 1. The standard InChI is InChI=1S/C30H21N2O4PS2/c33-29(34)24-18-38-27(32-24)28-31-23-16-15-19(17-26(23)39-28)36-30(35)22-13-7-8-14-25(22)37(20-9-3-1-4-10-20)21-11-5-2-6-12-21/h1-17,24H,18H2,(H,33,34)/t24-/m1/s1. The molecule has 0 spiro atoms. The number of aliphatic imine (C=N–C) groups is 1. The molecule has 0 bridgehead atoms. The minimum Gasteiger partial charge on any atom is -0.480 e. The van der Waals surface area contributed by atoms with Crippen LogP contribution in [0.1, 0.15) is 15.4 Å². The Morgan fingerprint density at radius 2 is 1.54 bits per heavy atom. The molecule has 0 saturated carbocycles. The highest BCUT2D eigenvalue weighted by molar-refractivity contribution is 8.15. The third-order valence-electron chi connectivity index (χ3n) is 6.08. The first-order chi connectivity index (χ1) is 19.1. The van der Waals surface area contributed by atoms with Crippen LogP contribution in [0.5, 0.6) is 5.75 Å². The van der Waals surface area contributed by atoms with Gasteiger partial charge in [-0.2, -0.15) is 0 Å². The average molecular weight is 569 g/mol. The lowest BCUT2D eigenvalue weighted by atomic mass is 10.2. The van der Waals surface area contributed by atoms with Crippen molar-refractivity contribution in [2.75, 3.05) is 5.75 Å². The molecule has 1 atom stereocenters. The topological polar surface area (TPSA) is 88.9 Å². The van der Waals surface area contributed by atoms with Crippen LogP contribution in [-0.4, -0.2) is 38.9 Å². The number of aromatic nitrogens is 1. The molecule has 1 aromatic heterocycles. The molecule has 1 N–H and O–H groups in total. The molecule has 6 rings (SSSR count). The Balaban J connectivity index is 1.31. The summed E-state index contributed by atoms with van der Waals surface area (Å²) in [4.78, 5) is 33.7. The van der Waals surface area contributed by atoms with Crippen molar-refractivity contribution < 1.29 is 19.4 Å². The van der Waals surface area contributed by atoms with Crippen molar-refractivity contribution in [3.63, 3.8) is 0 Å². The number of hydrogen-bond donors (Lipinski definition) is 1. The lowest BCUT2D eigenvalue weighted by Gasteiger charge is -2.21. The number of benzene rings is 4. The van der Waals surface area contributed by atoms with Gasteiger partial charge in [-0.3, -0.25) is 4.99 Å². The summed E-state index contributed by atoms with van der Waals surface area (Å²) < 4.78 is 6.73. The SMILES string of the molecule is O=C(Oc1ccc2nc(C3=N[C@@H](C(=O)O)CS3)sc2c1)c1ccccc1P(c1ccccc1)c1ccccc1. The number of hydrogen-bond acceptors (Lipinski definition) is 7. The number of thioether (sulfide) groups is 1. The van der Waals surface area contributed by atoms with Crippen LogP contribution in [-0.2, 0) is 4.79 Å². The fourth-order valence-corrected chi connectivity index (χ4v) is 8.79. The zero-order valence-corrected chi connectivity index (χ0v) is 23.0. The van der Waals surface area contributed by atoms with E-state index in [1.165, 1.54) is 23.1 Å². The fraction of sp³-hybridized carbons (Fsp3) is 0.0667. The highest BCUT2D eigenvalue weighted by atomic mass is 32.2. The zero-order valence-electron chi connectivity index (χ0n) is 20.4. The van der Waals surface area contributed by atoms with Gasteiger partial charge in [0.25, 0.3) is 0 Å². The lowest BCUT2D eigenvalue weighted by molar-refractivity contribution is -0.137. The van der Waals surface area contributed by atoms with Crippen molar-refractivity contribution in [2.24, 2.45) is 4.99 Å². The van der Waals surface area contributed by atoms with E-state index >= 15 is 0 Å². The van der Waals surface area contributed by atoms with Gasteiger partial charge in [-0.1, -0.05) is 78.9 Å². The van der Waals surface area contributed by atoms with Gasteiger partial charge in [0.05, 0.1) is 15.8 Å². The third-order valence-corrected chi connectivity index (χ3v) is 10.8. The largest absolute Gasteiger partial charge is 0.480 e. The van der Waals surface area contributed by atoms with Gasteiger partial charge in [-0.05, 0) is 42.0 Å². The molecule has 4 aromatic carbocycles. The van der Waals surface area contributed by atoms with Crippen LogP contribution in [0.4, 0.5) is 0 Å². The lowest BCUT2D eigenvalue weighted by Crippen LogP contribution is -2.26. The summed E-state index contributed by atoms with van der Waals surface area (Å²) in [6.07, 6.45) is 0. The summed E-state index contributed by atoms with van der Waals surface area (Å²) in [5.74, 6) is -0.534. The molecule has 0 unspecified atom stereocenters. The summed E-state index contributed by atoms with van der Waals surface area (Å²) in [6.45, 7) is 0. The Morgan fingerprint density at radius 3 is 2.21 bits per heavy atom. The number of carboxylic acids is 1. The third kappa shape index (κ3) is 5.36. The molecule has 0 radical (unpaired) electrons. The molecule has 5 aromatic rings. The highest BCUT2D eigenvalue weighted by Gasteiger charge is 2.27. The Labute approximate surface area is 234 Å². The van der Waals surface area contributed by atoms with Crippen LogP contribution in [0.25, 0.3) is 10.2 Å². The molecule has 0 fully saturated rings. The van der Waals surface area contributed by atoms with Gasteiger partial charge in [0, 0.05) is 11.8 Å². The summed E-state index contributed by atoms with van der Waals surface area (Å²) in [5.41, 5.74) is 1.27. The monoisotopic (exact) mass is 568 g/mol. The van der Waals surface area contributed by atoms with E-state index in [9.17, 15) is 14.7 Å². The van der Waals surface area contributed by atoms with Crippen molar-refractivity contribution in [3.05, 3.63) is 114 Å². The zero-order chi connectivity index (χ0) is 26.8. The van der Waals surface area contributed by atoms with E-state index in [0.717, 1.165) is 26.1 Å². The number of fused-ring (bicyclic) bond motifs is 1. The van der Waals surface area contributed by atoms with Crippen LogP contribution in [0.15, 0.2) is 108 Å². The molecule has 39 heavy (non-hydrogen) atoms. The summed E-state index contributed by atoms with van der Waals surface area (Å²) in [5, 5.41) is 13.8. The summed E-state index contributed by atoms with van der Waals surface area (Å²) >= 11 is 2.80. The number of rotatable bonds is 7. The van der Waals surface area contributed by atoms with E-state index in [2.05, 4.69) is 34.2 Å². The Morgan fingerprint density at radius 1 is 0.872 bits per heavy atom. The maximum Gasteiger partial charge on any atom is 0.344 e. The van der Waals surface area contributed by atoms with Gasteiger partial charge in [-0.25, -0.2) is 14.6 Å². The maximum absolute atomic E-state index is 13.6. The Kier molecular flexibility index (Phi) is 7.24. The number of carbonyl (C=O) groups is 2. The van der Waals surface area contributed by atoms with Crippen molar-refractivity contribution in [1.82, 2.24) is 4.98 Å². The van der Waals surface area contributed by atoms with Crippen molar-refractivity contribution >= 4 is 74.1 Å². The minimum absolute atomic E-state index is 0.400. The highest BCUT2D eigenvalue weighted by Crippen LogP contribution is 2.35. The normalized spacial score (nSPS) is 14.9. The molecule has 9 heteroatoms. The van der Waals surface area contributed by atoms with E-state index < -0.39 is 25.9 Å². The predicted octanol–water partition coefficient (Wildman–Crippen LogP) is 5.22. The van der Waals surface area contributed by atoms with E-state index in [1.54, 1.807) is 18.2 Å². The second kappa shape index (κ2) is 11.1. The Hall–Kier alpha value is -3.84. The number of carboxylic acid groups (broad SMARTS) is 1. The quantitative estimate of drug-likeness (QED) is 0.165. The van der Waals surface area contributed by atoms with Crippen LogP contribution in [0, 0.1) is 0 Å². The molecule has 192 valence electrons. The second-order valence-electron chi connectivity index (χ2n) is 8.66. The molecule has 0 amide bonds. The van der Waals surface area contributed by atoms with E-state index in [1.807, 2.05) is 60.7 Å². The van der Waals surface area contributed by atoms with Crippen molar-refractivity contribution in [3.8, 4) is 5.75 Å². The molecule has 1 aliphatic rings. The minimum atomic E-state index is -0.979. The molecule has 0 aliphatic carbocycles. The van der Waals surface area contributed by atoms with E-state index in [4.69, 9.17) is 4.74 Å². The molecule has 0 saturated heterocycles. The van der Waals surface area contributed by atoms with Crippen molar-refractivity contribution in [1.29, 1.82) is 0 Å². The van der Waals surface area contributed by atoms with Gasteiger partial charge < -0.3 is 9.84 Å². The molecule has 6 nitrogen and oxygen atoms in total. The fourth-order valence-electron chi connectivity index (χ4n) is 4.26. The van der Waals surface area contributed by atoms with Gasteiger partial charge in [0.2, 0.25) is 0 Å².